The Morgan fingerprint density at radius 2 is 1.92 bits per heavy atom. The number of hydrogen-bond acceptors (Lipinski definition) is 1. The van der Waals surface area contributed by atoms with Crippen molar-refractivity contribution in [3.63, 3.8) is 0 Å². The zero-order chi connectivity index (χ0) is 10.2. The van der Waals surface area contributed by atoms with Gasteiger partial charge >= 0.3 is 0 Å². The molecule has 0 aliphatic heterocycles. The zero-order valence-corrected chi connectivity index (χ0v) is 9.87. The lowest BCUT2D eigenvalue weighted by Gasteiger charge is -2.22. The molecule has 0 fully saturated rings. The Kier molecular flexibility index (Phi) is 2.76. The van der Waals surface area contributed by atoms with E-state index in [9.17, 15) is 4.39 Å². The van der Waals surface area contributed by atoms with E-state index in [-0.39, 0.29) is 5.41 Å². The van der Waals surface area contributed by atoms with E-state index in [0.717, 1.165) is 11.1 Å². The molecule has 1 rings (SSSR count). The first-order valence-electron chi connectivity index (χ1n) is 4.15. The maximum atomic E-state index is 13.1. The number of hydrogen-bond donors (Lipinski definition) is 0. The highest BCUT2D eigenvalue weighted by atomic mass is 79.9. The molecular weight excluding hydrogens is 233 g/mol. The lowest BCUT2D eigenvalue weighted by Crippen LogP contribution is -2.15. The summed E-state index contributed by atoms with van der Waals surface area (Å²) in [6.07, 6.45) is 1.57. The molecule has 0 spiro atoms. The molecule has 0 unspecified atom stereocenters. The second kappa shape index (κ2) is 3.37. The molecule has 13 heavy (non-hydrogen) atoms. The molecule has 3 heteroatoms. The molecule has 1 heterocycles. The van der Waals surface area contributed by atoms with Gasteiger partial charge in [-0.25, -0.2) is 4.98 Å². The molecule has 72 valence electrons. The van der Waals surface area contributed by atoms with Gasteiger partial charge in [0.05, 0.1) is 4.47 Å². The van der Waals surface area contributed by atoms with Crippen LogP contribution in [0, 0.1) is 12.9 Å². The van der Waals surface area contributed by atoms with E-state index < -0.39 is 5.95 Å². The van der Waals surface area contributed by atoms with Crippen molar-refractivity contribution >= 4 is 15.9 Å². The Hall–Kier alpha value is -0.440. The molecule has 1 aromatic heterocycles. The molecule has 0 amide bonds. The molecule has 0 aromatic carbocycles. The second-order valence-electron chi connectivity index (χ2n) is 4.17. The van der Waals surface area contributed by atoms with Crippen LogP contribution in [0.2, 0.25) is 0 Å². The van der Waals surface area contributed by atoms with E-state index in [1.165, 1.54) is 0 Å². The SMILES string of the molecule is Cc1cnc(F)c(Br)c1C(C)(C)C. The Morgan fingerprint density at radius 3 is 2.31 bits per heavy atom. The normalized spacial score (nSPS) is 11.8. The monoisotopic (exact) mass is 245 g/mol. The minimum absolute atomic E-state index is 0.0628. The summed E-state index contributed by atoms with van der Waals surface area (Å²) >= 11 is 3.23. The highest BCUT2D eigenvalue weighted by molar-refractivity contribution is 9.10. The van der Waals surface area contributed by atoms with E-state index in [2.05, 4.69) is 41.7 Å². The molecule has 1 aromatic rings. The first-order chi connectivity index (χ1) is 5.84. The summed E-state index contributed by atoms with van der Waals surface area (Å²) in [6.45, 7) is 8.11. The highest BCUT2D eigenvalue weighted by Gasteiger charge is 2.22. The summed E-state index contributed by atoms with van der Waals surface area (Å²) in [4.78, 5) is 3.64. The van der Waals surface area contributed by atoms with Crippen molar-refractivity contribution < 1.29 is 4.39 Å². The maximum absolute atomic E-state index is 13.1. The van der Waals surface area contributed by atoms with E-state index in [4.69, 9.17) is 0 Å². The fourth-order valence-corrected chi connectivity index (χ4v) is 2.48. The lowest BCUT2D eigenvalue weighted by molar-refractivity contribution is 0.539. The van der Waals surface area contributed by atoms with Crippen LogP contribution in [0.4, 0.5) is 4.39 Å². The molecule has 0 aliphatic carbocycles. The van der Waals surface area contributed by atoms with Crippen LogP contribution in [-0.4, -0.2) is 4.98 Å². The van der Waals surface area contributed by atoms with E-state index in [1.807, 2.05) is 6.92 Å². The molecule has 0 N–H and O–H groups in total. The molecule has 0 saturated heterocycles. The number of aryl methyl sites for hydroxylation is 1. The number of aromatic nitrogens is 1. The van der Waals surface area contributed by atoms with Gasteiger partial charge < -0.3 is 0 Å². The third kappa shape index (κ3) is 2.08. The van der Waals surface area contributed by atoms with Crippen molar-refractivity contribution in [2.45, 2.75) is 33.1 Å². The highest BCUT2D eigenvalue weighted by Crippen LogP contribution is 2.32. The molecule has 0 aliphatic rings. The standard InChI is InChI=1S/C10H13BrFN/c1-6-5-13-9(12)8(11)7(6)10(2,3)4/h5H,1-4H3. The summed E-state index contributed by atoms with van der Waals surface area (Å²) in [5.41, 5.74) is 1.94. The van der Waals surface area contributed by atoms with Gasteiger partial charge in [-0.2, -0.15) is 4.39 Å². The minimum atomic E-state index is -0.435. The molecule has 0 radical (unpaired) electrons. The smallest absolute Gasteiger partial charge is 0.227 e. The quantitative estimate of drug-likeness (QED) is 0.637. The molecule has 1 nitrogen and oxygen atoms in total. The van der Waals surface area contributed by atoms with Gasteiger partial charge in [-0.15, -0.1) is 0 Å². The summed E-state index contributed by atoms with van der Waals surface area (Å²) in [5, 5.41) is 0. The number of nitrogens with zero attached hydrogens (tertiary/aromatic N) is 1. The Bertz CT molecular complexity index is 328. The van der Waals surface area contributed by atoms with Gasteiger partial charge in [0.15, 0.2) is 0 Å². The Balaban J connectivity index is 3.43. The predicted octanol–water partition coefficient (Wildman–Crippen LogP) is 3.59. The lowest BCUT2D eigenvalue weighted by atomic mass is 9.85. The minimum Gasteiger partial charge on any atom is -0.227 e. The third-order valence-electron chi connectivity index (χ3n) is 1.92. The topological polar surface area (TPSA) is 12.9 Å². The maximum Gasteiger partial charge on any atom is 0.227 e. The van der Waals surface area contributed by atoms with Crippen LogP contribution in [0.15, 0.2) is 10.7 Å². The van der Waals surface area contributed by atoms with Gasteiger partial charge in [0.1, 0.15) is 0 Å². The largest absolute Gasteiger partial charge is 0.227 e. The summed E-state index contributed by atoms with van der Waals surface area (Å²) in [7, 11) is 0. The third-order valence-corrected chi connectivity index (χ3v) is 2.64. The van der Waals surface area contributed by atoms with Gasteiger partial charge in [0.25, 0.3) is 0 Å². The summed E-state index contributed by atoms with van der Waals surface area (Å²) in [5.74, 6) is -0.435. The van der Waals surface area contributed by atoms with Gasteiger partial charge in [-0.3, -0.25) is 0 Å². The van der Waals surface area contributed by atoms with Crippen LogP contribution in [-0.2, 0) is 5.41 Å². The van der Waals surface area contributed by atoms with Crippen molar-refractivity contribution in [2.24, 2.45) is 0 Å². The van der Waals surface area contributed by atoms with Gasteiger partial charge in [0.2, 0.25) is 5.95 Å². The van der Waals surface area contributed by atoms with Gasteiger partial charge in [-0.1, -0.05) is 20.8 Å². The first kappa shape index (κ1) is 10.6. The Labute approximate surface area is 86.5 Å². The zero-order valence-electron chi connectivity index (χ0n) is 8.28. The van der Waals surface area contributed by atoms with E-state index in [1.54, 1.807) is 6.20 Å². The first-order valence-corrected chi connectivity index (χ1v) is 4.94. The van der Waals surface area contributed by atoms with E-state index >= 15 is 0 Å². The Morgan fingerprint density at radius 1 is 1.38 bits per heavy atom. The van der Waals surface area contributed by atoms with Crippen LogP contribution < -0.4 is 0 Å². The number of pyridine rings is 1. The van der Waals surface area contributed by atoms with Crippen LogP contribution >= 0.6 is 15.9 Å². The van der Waals surface area contributed by atoms with Crippen molar-refractivity contribution in [2.75, 3.05) is 0 Å². The fraction of sp³-hybridized carbons (Fsp3) is 0.500. The van der Waals surface area contributed by atoms with Crippen LogP contribution in [0.3, 0.4) is 0 Å². The number of halogens is 2. The average molecular weight is 246 g/mol. The van der Waals surface area contributed by atoms with Crippen LogP contribution in [0.5, 0.6) is 0 Å². The van der Waals surface area contributed by atoms with Crippen LogP contribution in [0.25, 0.3) is 0 Å². The van der Waals surface area contributed by atoms with Crippen LogP contribution in [0.1, 0.15) is 31.9 Å². The van der Waals surface area contributed by atoms with Gasteiger partial charge in [-0.05, 0) is 39.4 Å². The fourth-order valence-electron chi connectivity index (χ4n) is 1.47. The van der Waals surface area contributed by atoms with Crippen molar-refractivity contribution in [1.82, 2.24) is 4.98 Å². The summed E-state index contributed by atoms with van der Waals surface area (Å²) in [6, 6.07) is 0. The molecular formula is C10H13BrFN. The average Bonchev–Trinajstić information content (AvgIpc) is 1.95. The molecule has 0 atom stereocenters. The second-order valence-corrected chi connectivity index (χ2v) is 4.96. The van der Waals surface area contributed by atoms with E-state index in [0.29, 0.717) is 4.47 Å². The number of rotatable bonds is 0. The molecule has 0 saturated carbocycles. The predicted molar refractivity (Wildman–Crippen MR) is 55.3 cm³/mol. The van der Waals surface area contributed by atoms with Crippen molar-refractivity contribution in [3.8, 4) is 0 Å². The van der Waals surface area contributed by atoms with Crippen molar-refractivity contribution in [1.29, 1.82) is 0 Å². The van der Waals surface area contributed by atoms with Gasteiger partial charge in [0, 0.05) is 6.20 Å². The van der Waals surface area contributed by atoms with Crippen molar-refractivity contribution in [3.05, 3.63) is 27.7 Å². The summed E-state index contributed by atoms with van der Waals surface area (Å²) < 4.78 is 13.6. The molecule has 0 bridgehead atoms.